The lowest BCUT2D eigenvalue weighted by molar-refractivity contribution is -0.608. The first-order valence-corrected chi connectivity index (χ1v) is 7.42. The average Bonchev–Trinajstić information content (AvgIpc) is 2.55. The summed E-state index contributed by atoms with van der Waals surface area (Å²) in [6, 6.07) is 8.69. The maximum atomic E-state index is 12.9. The molecule has 0 fully saturated rings. The number of pyridine rings is 1. The molecule has 1 aromatic carbocycles. The van der Waals surface area contributed by atoms with E-state index in [4.69, 9.17) is 0 Å². The van der Waals surface area contributed by atoms with E-state index in [0.29, 0.717) is 10.3 Å². The summed E-state index contributed by atoms with van der Waals surface area (Å²) in [6.45, 7) is 3.60. The van der Waals surface area contributed by atoms with Crippen LogP contribution in [0.25, 0.3) is 0 Å². The molecule has 0 aliphatic carbocycles. The molecule has 128 valence electrons. The highest BCUT2D eigenvalue weighted by Crippen LogP contribution is 2.32. The van der Waals surface area contributed by atoms with Crippen LogP contribution in [0.2, 0.25) is 0 Å². The number of benzene rings is 1. The van der Waals surface area contributed by atoms with Gasteiger partial charge in [0.25, 0.3) is 5.69 Å². The van der Waals surface area contributed by atoms with Crippen molar-refractivity contribution < 1.29 is 22.7 Å². The van der Waals surface area contributed by atoms with Crippen LogP contribution < -0.4 is 4.73 Å². The van der Waals surface area contributed by atoms with Crippen molar-refractivity contribution in [1.82, 2.24) is 4.90 Å². The molecule has 0 N–H and O–H groups in total. The molecule has 1 heterocycles. The summed E-state index contributed by atoms with van der Waals surface area (Å²) < 4.78 is 39.0. The van der Waals surface area contributed by atoms with Crippen LogP contribution >= 0.6 is 0 Å². The molecule has 1 atom stereocenters. The van der Waals surface area contributed by atoms with E-state index in [0.717, 1.165) is 12.1 Å². The molecule has 0 aliphatic heterocycles. The van der Waals surface area contributed by atoms with Gasteiger partial charge in [-0.15, -0.1) is 0 Å². The van der Waals surface area contributed by atoms with Crippen LogP contribution in [0.15, 0.2) is 48.7 Å². The molecule has 0 saturated carbocycles. The standard InChI is InChI=1S/C17H17F3N2O2/c1-3-21(16(23)15-9-4-5-10-22(15)24)12(2)13-7-6-8-14(11-13)17(18,19)20/h4-12H,3H2,1-2H3/t12-/m1/s1. The summed E-state index contributed by atoms with van der Waals surface area (Å²) in [5.41, 5.74) is -0.486. The SMILES string of the molecule is CCN(C(=O)c1cccc[n+]1[O-])[C@H](C)c1cccc(C(F)(F)F)c1. The molecule has 0 radical (unpaired) electrons. The minimum Gasteiger partial charge on any atom is -0.618 e. The number of carbonyl (C=O) groups excluding carboxylic acids is 1. The van der Waals surface area contributed by atoms with Gasteiger partial charge in [0.2, 0.25) is 0 Å². The number of rotatable bonds is 4. The molecule has 0 saturated heterocycles. The Balaban J connectivity index is 2.34. The van der Waals surface area contributed by atoms with E-state index in [9.17, 15) is 23.2 Å². The topological polar surface area (TPSA) is 47.2 Å². The fraction of sp³-hybridized carbons (Fsp3) is 0.294. The van der Waals surface area contributed by atoms with E-state index in [1.165, 1.54) is 35.4 Å². The van der Waals surface area contributed by atoms with E-state index in [1.807, 2.05) is 0 Å². The van der Waals surface area contributed by atoms with Gasteiger partial charge < -0.3 is 10.1 Å². The third-order valence-electron chi connectivity index (χ3n) is 3.81. The number of aromatic nitrogens is 1. The number of alkyl halides is 3. The fourth-order valence-electron chi connectivity index (χ4n) is 2.49. The molecular formula is C17H17F3N2O2. The van der Waals surface area contributed by atoms with Gasteiger partial charge in [0.1, 0.15) is 0 Å². The van der Waals surface area contributed by atoms with Gasteiger partial charge in [0.05, 0.1) is 11.6 Å². The Morgan fingerprint density at radius 1 is 1.25 bits per heavy atom. The van der Waals surface area contributed by atoms with Gasteiger partial charge in [-0.3, -0.25) is 4.79 Å². The molecule has 2 rings (SSSR count). The Bertz CT molecular complexity index is 732. The van der Waals surface area contributed by atoms with Crippen LogP contribution in [-0.2, 0) is 6.18 Å². The Morgan fingerprint density at radius 3 is 2.54 bits per heavy atom. The summed E-state index contributed by atoms with van der Waals surface area (Å²) >= 11 is 0. The minimum absolute atomic E-state index is 0.0711. The summed E-state index contributed by atoms with van der Waals surface area (Å²) in [6.07, 6.45) is -3.25. The first-order valence-electron chi connectivity index (χ1n) is 7.42. The second-order valence-electron chi connectivity index (χ2n) is 5.30. The van der Waals surface area contributed by atoms with Crippen molar-refractivity contribution in [2.45, 2.75) is 26.1 Å². The molecule has 4 nitrogen and oxygen atoms in total. The molecule has 0 bridgehead atoms. The van der Waals surface area contributed by atoms with E-state index >= 15 is 0 Å². The predicted octanol–water partition coefficient (Wildman–Crippen LogP) is 3.56. The molecule has 0 spiro atoms. The Kier molecular flexibility index (Phi) is 5.11. The quantitative estimate of drug-likeness (QED) is 0.632. The molecule has 7 heteroatoms. The van der Waals surface area contributed by atoms with Crippen molar-refractivity contribution in [1.29, 1.82) is 0 Å². The van der Waals surface area contributed by atoms with Gasteiger partial charge in [0, 0.05) is 18.7 Å². The predicted molar refractivity (Wildman–Crippen MR) is 82.0 cm³/mol. The van der Waals surface area contributed by atoms with Crippen molar-refractivity contribution in [2.24, 2.45) is 0 Å². The molecule has 24 heavy (non-hydrogen) atoms. The maximum Gasteiger partial charge on any atom is 0.416 e. The van der Waals surface area contributed by atoms with Gasteiger partial charge in [-0.1, -0.05) is 12.1 Å². The first kappa shape index (κ1) is 17.8. The van der Waals surface area contributed by atoms with Gasteiger partial charge in [-0.25, -0.2) is 0 Å². The highest BCUT2D eigenvalue weighted by molar-refractivity contribution is 5.91. The third-order valence-corrected chi connectivity index (χ3v) is 3.81. The van der Waals surface area contributed by atoms with Crippen molar-refractivity contribution in [3.8, 4) is 0 Å². The minimum atomic E-state index is -4.45. The number of hydrogen-bond acceptors (Lipinski definition) is 2. The maximum absolute atomic E-state index is 12.9. The molecule has 0 aliphatic rings. The summed E-state index contributed by atoms with van der Waals surface area (Å²) in [5, 5.41) is 11.7. The number of amides is 1. The Morgan fingerprint density at radius 2 is 1.96 bits per heavy atom. The first-order chi connectivity index (χ1) is 11.3. The van der Waals surface area contributed by atoms with Gasteiger partial charge >= 0.3 is 12.1 Å². The lowest BCUT2D eigenvalue weighted by Crippen LogP contribution is -2.42. The fourth-order valence-corrected chi connectivity index (χ4v) is 2.49. The van der Waals surface area contributed by atoms with Crippen LogP contribution in [0, 0.1) is 5.21 Å². The van der Waals surface area contributed by atoms with Crippen molar-refractivity contribution in [3.05, 3.63) is 70.7 Å². The number of nitrogens with zero attached hydrogens (tertiary/aromatic N) is 2. The Labute approximate surface area is 137 Å². The van der Waals surface area contributed by atoms with Gasteiger partial charge in [-0.05, 0) is 37.6 Å². The smallest absolute Gasteiger partial charge is 0.416 e. The molecule has 2 aromatic rings. The number of halogens is 3. The second-order valence-corrected chi connectivity index (χ2v) is 5.30. The summed E-state index contributed by atoms with van der Waals surface area (Å²) in [5.74, 6) is -0.530. The van der Waals surface area contributed by atoms with Crippen LogP contribution in [0.4, 0.5) is 13.2 Å². The van der Waals surface area contributed by atoms with Crippen LogP contribution in [0.1, 0.15) is 41.5 Å². The van der Waals surface area contributed by atoms with Crippen LogP contribution in [0.5, 0.6) is 0 Å². The van der Waals surface area contributed by atoms with Crippen molar-refractivity contribution >= 4 is 5.91 Å². The molecular weight excluding hydrogens is 321 g/mol. The summed E-state index contributed by atoms with van der Waals surface area (Å²) in [7, 11) is 0. The van der Waals surface area contributed by atoms with E-state index in [-0.39, 0.29) is 12.2 Å². The highest BCUT2D eigenvalue weighted by Gasteiger charge is 2.32. The highest BCUT2D eigenvalue weighted by atomic mass is 19.4. The van der Waals surface area contributed by atoms with Gasteiger partial charge in [0.15, 0.2) is 6.20 Å². The van der Waals surface area contributed by atoms with Crippen molar-refractivity contribution in [3.63, 3.8) is 0 Å². The van der Waals surface area contributed by atoms with Crippen molar-refractivity contribution in [2.75, 3.05) is 6.54 Å². The average molecular weight is 338 g/mol. The molecule has 1 amide bonds. The summed E-state index contributed by atoms with van der Waals surface area (Å²) in [4.78, 5) is 13.9. The number of hydrogen-bond donors (Lipinski definition) is 0. The lowest BCUT2D eigenvalue weighted by atomic mass is 10.0. The van der Waals surface area contributed by atoms with E-state index in [1.54, 1.807) is 19.9 Å². The zero-order chi connectivity index (χ0) is 17.9. The van der Waals surface area contributed by atoms with Crippen LogP contribution in [0.3, 0.4) is 0 Å². The van der Waals surface area contributed by atoms with E-state index in [2.05, 4.69) is 0 Å². The number of carbonyl (C=O) groups is 1. The lowest BCUT2D eigenvalue weighted by Gasteiger charge is -2.28. The second kappa shape index (κ2) is 6.90. The normalized spacial score (nSPS) is 12.7. The van der Waals surface area contributed by atoms with Gasteiger partial charge in [-0.2, -0.15) is 17.9 Å². The monoisotopic (exact) mass is 338 g/mol. The third kappa shape index (κ3) is 3.67. The molecule has 1 aromatic heterocycles. The zero-order valence-electron chi connectivity index (χ0n) is 13.2. The molecule has 0 unspecified atom stereocenters. The Hall–Kier alpha value is -2.57. The zero-order valence-corrected chi connectivity index (χ0v) is 13.2. The van der Waals surface area contributed by atoms with Crippen LogP contribution in [-0.4, -0.2) is 17.4 Å². The van der Waals surface area contributed by atoms with E-state index < -0.39 is 23.7 Å². The largest absolute Gasteiger partial charge is 0.618 e.